The lowest BCUT2D eigenvalue weighted by Gasteiger charge is -2.11. The van der Waals surface area contributed by atoms with Gasteiger partial charge in [0, 0.05) is 36.4 Å². The molecule has 1 aromatic carbocycles. The van der Waals surface area contributed by atoms with Gasteiger partial charge in [-0.25, -0.2) is 0 Å². The van der Waals surface area contributed by atoms with Crippen LogP contribution in [0, 0.1) is 0 Å². The Morgan fingerprint density at radius 3 is 2.58 bits per heavy atom. The number of nitrogens with zero attached hydrogens (tertiary/aromatic N) is 1. The van der Waals surface area contributed by atoms with E-state index in [0.29, 0.717) is 17.8 Å². The van der Waals surface area contributed by atoms with Crippen molar-refractivity contribution in [2.45, 2.75) is 6.54 Å². The standard InChI is InChI=1S/C20H18N4O2/c25-19(16-7-2-1-3-8-16)24-18(12-17-9-5-11-22-17)20(26)23-14-15-6-4-10-21-13-15/h1-13,22H,14H2,(H,23,26)(H,24,25)/b18-12-. The maximum absolute atomic E-state index is 12.6. The molecule has 130 valence electrons. The van der Waals surface area contributed by atoms with Crippen molar-refractivity contribution in [3.63, 3.8) is 0 Å². The molecule has 0 unspecified atom stereocenters. The minimum atomic E-state index is -0.382. The molecule has 3 N–H and O–H groups in total. The summed E-state index contributed by atoms with van der Waals surface area (Å²) in [6.45, 7) is 0.315. The third-order valence-corrected chi connectivity index (χ3v) is 3.63. The number of H-pyrrole nitrogens is 1. The van der Waals surface area contributed by atoms with Crippen molar-refractivity contribution < 1.29 is 9.59 Å². The number of rotatable bonds is 6. The Balaban J connectivity index is 1.75. The summed E-state index contributed by atoms with van der Waals surface area (Å²) in [5.74, 6) is -0.729. The molecule has 0 saturated carbocycles. The van der Waals surface area contributed by atoms with Gasteiger partial charge in [0.25, 0.3) is 11.8 Å². The molecule has 2 aromatic heterocycles. The Morgan fingerprint density at radius 2 is 1.88 bits per heavy atom. The van der Waals surface area contributed by atoms with Gasteiger partial charge in [0.05, 0.1) is 0 Å². The quantitative estimate of drug-likeness (QED) is 0.599. The first-order chi connectivity index (χ1) is 12.7. The number of pyridine rings is 1. The molecule has 0 spiro atoms. The number of nitrogens with one attached hydrogen (secondary N) is 3. The SMILES string of the molecule is O=C(NCc1cccnc1)/C(=C/c1ccc[nH]1)NC(=O)c1ccccc1. The first-order valence-electron chi connectivity index (χ1n) is 8.11. The molecule has 3 rings (SSSR count). The third kappa shape index (κ3) is 4.67. The average Bonchev–Trinajstić information content (AvgIpc) is 3.20. The van der Waals surface area contributed by atoms with Gasteiger partial charge in [0.2, 0.25) is 0 Å². The second-order valence-electron chi connectivity index (χ2n) is 5.55. The summed E-state index contributed by atoms with van der Waals surface area (Å²) in [5, 5.41) is 5.47. The van der Waals surface area contributed by atoms with Crippen molar-refractivity contribution in [3.05, 3.63) is 95.7 Å². The molecule has 6 nitrogen and oxygen atoms in total. The molecular formula is C20H18N4O2. The van der Waals surface area contributed by atoms with E-state index in [4.69, 9.17) is 0 Å². The lowest BCUT2D eigenvalue weighted by Crippen LogP contribution is -2.34. The Kier molecular flexibility index (Phi) is 5.57. The van der Waals surface area contributed by atoms with Crippen LogP contribution in [0.25, 0.3) is 6.08 Å². The molecule has 0 radical (unpaired) electrons. The van der Waals surface area contributed by atoms with E-state index in [2.05, 4.69) is 20.6 Å². The van der Waals surface area contributed by atoms with Gasteiger partial charge in [-0.05, 0) is 42.0 Å². The Morgan fingerprint density at radius 1 is 1.04 bits per heavy atom. The summed E-state index contributed by atoms with van der Waals surface area (Å²) < 4.78 is 0. The van der Waals surface area contributed by atoms with Gasteiger partial charge in [-0.15, -0.1) is 0 Å². The molecule has 26 heavy (non-hydrogen) atoms. The molecule has 0 aliphatic heterocycles. The first kappa shape index (κ1) is 17.2. The highest BCUT2D eigenvalue weighted by atomic mass is 16.2. The molecular weight excluding hydrogens is 328 g/mol. The summed E-state index contributed by atoms with van der Waals surface area (Å²) in [6.07, 6.45) is 6.69. The maximum Gasteiger partial charge on any atom is 0.268 e. The van der Waals surface area contributed by atoms with Gasteiger partial charge in [-0.2, -0.15) is 0 Å². The smallest absolute Gasteiger partial charge is 0.268 e. The van der Waals surface area contributed by atoms with E-state index < -0.39 is 0 Å². The van der Waals surface area contributed by atoms with Crippen LogP contribution in [0.5, 0.6) is 0 Å². The zero-order valence-electron chi connectivity index (χ0n) is 14.0. The second kappa shape index (κ2) is 8.43. The predicted octanol–water partition coefficient (Wildman–Crippen LogP) is 2.50. The number of carbonyl (C=O) groups is 2. The lowest BCUT2D eigenvalue weighted by molar-refractivity contribution is -0.117. The van der Waals surface area contributed by atoms with Crippen LogP contribution < -0.4 is 10.6 Å². The first-order valence-corrected chi connectivity index (χ1v) is 8.11. The van der Waals surface area contributed by atoms with Gasteiger partial charge in [-0.3, -0.25) is 14.6 Å². The Bertz CT molecular complexity index is 888. The molecule has 6 heteroatoms. The number of aromatic nitrogens is 2. The lowest BCUT2D eigenvalue weighted by atomic mass is 10.2. The molecule has 2 heterocycles. The van der Waals surface area contributed by atoms with Crippen molar-refractivity contribution in [2.75, 3.05) is 0 Å². The normalized spacial score (nSPS) is 11.0. The molecule has 3 aromatic rings. The van der Waals surface area contributed by atoms with Crippen molar-refractivity contribution >= 4 is 17.9 Å². The van der Waals surface area contributed by atoms with E-state index >= 15 is 0 Å². The van der Waals surface area contributed by atoms with Gasteiger partial charge in [-0.1, -0.05) is 24.3 Å². The van der Waals surface area contributed by atoms with E-state index in [1.807, 2.05) is 24.3 Å². The largest absolute Gasteiger partial charge is 0.362 e. The number of carbonyl (C=O) groups excluding carboxylic acids is 2. The van der Waals surface area contributed by atoms with Gasteiger partial charge < -0.3 is 15.6 Å². The van der Waals surface area contributed by atoms with Crippen molar-refractivity contribution in [1.82, 2.24) is 20.6 Å². The fourth-order valence-corrected chi connectivity index (χ4v) is 2.31. The van der Waals surface area contributed by atoms with Crippen molar-refractivity contribution in [1.29, 1.82) is 0 Å². The molecule has 0 saturated heterocycles. The number of hydrogen-bond donors (Lipinski definition) is 3. The van der Waals surface area contributed by atoms with Crippen LogP contribution in [0.15, 0.2) is 78.9 Å². The molecule has 0 atom stereocenters. The molecule has 0 fully saturated rings. The fraction of sp³-hybridized carbons (Fsp3) is 0.0500. The van der Waals surface area contributed by atoms with E-state index in [1.165, 1.54) is 0 Å². The van der Waals surface area contributed by atoms with E-state index in [-0.39, 0.29) is 17.5 Å². The van der Waals surface area contributed by atoms with E-state index in [9.17, 15) is 9.59 Å². The highest BCUT2D eigenvalue weighted by Crippen LogP contribution is 2.06. The van der Waals surface area contributed by atoms with Crippen LogP contribution in [-0.4, -0.2) is 21.8 Å². The predicted molar refractivity (Wildman–Crippen MR) is 98.8 cm³/mol. The number of hydrogen-bond acceptors (Lipinski definition) is 3. The van der Waals surface area contributed by atoms with Crippen LogP contribution in [-0.2, 0) is 11.3 Å². The highest BCUT2D eigenvalue weighted by Gasteiger charge is 2.14. The van der Waals surface area contributed by atoms with Crippen LogP contribution in [0.4, 0.5) is 0 Å². The minimum absolute atomic E-state index is 0.158. The fourth-order valence-electron chi connectivity index (χ4n) is 2.31. The molecule has 0 aliphatic rings. The van der Waals surface area contributed by atoms with Gasteiger partial charge >= 0.3 is 0 Å². The monoisotopic (exact) mass is 346 g/mol. The van der Waals surface area contributed by atoms with Crippen LogP contribution in [0.1, 0.15) is 21.6 Å². The van der Waals surface area contributed by atoms with Crippen molar-refractivity contribution in [2.24, 2.45) is 0 Å². The number of amides is 2. The summed E-state index contributed by atoms with van der Waals surface area (Å²) in [6, 6.07) is 16.0. The number of aromatic amines is 1. The average molecular weight is 346 g/mol. The number of benzene rings is 1. The highest BCUT2D eigenvalue weighted by molar-refractivity contribution is 6.05. The molecule has 2 amide bonds. The molecule has 0 bridgehead atoms. The van der Waals surface area contributed by atoms with Crippen LogP contribution in [0.3, 0.4) is 0 Å². The third-order valence-electron chi connectivity index (χ3n) is 3.63. The Labute approximate surface area is 151 Å². The second-order valence-corrected chi connectivity index (χ2v) is 5.55. The minimum Gasteiger partial charge on any atom is -0.362 e. The molecule has 0 aliphatic carbocycles. The summed E-state index contributed by atoms with van der Waals surface area (Å²) in [5.41, 5.74) is 2.22. The summed E-state index contributed by atoms with van der Waals surface area (Å²) in [4.78, 5) is 32.0. The summed E-state index contributed by atoms with van der Waals surface area (Å²) >= 11 is 0. The summed E-state index contributed by atoms with van der Waals surface area (Å²) in [7, 11) is 0. The van der Waals surface area contributed by atoms with Crippen LogP contribution in [0.2, 0.25) is 0 Å². The topological polar surface area (TPSA) is 86.9 Å². The van der Waals surface area contributed by atoms with Crippen molar-refractivity contribution in [3.8, 4) is 0 Å². The maximum atomic E-state index is 12.6. The van der Waals surface area contributed by atoms with E-state index in [1.54, 1.807) is 55.0 Å². The Hall–Kier alpha value is -3.67. The van der Waals surface area contributed by atoms with Gasteiger partial charge in [0.15, 0.2) is 0 Å². The zero-order chi connectivity index (χ0) is 18.2. The van der Waals surface area contributed by atoms with Crippen LogP contribution >= 0.6 is 0 Å². The van der Waals surface area contributed by atoms with E-state index in [0.717, 1.165) is 5.56 Å². The van der Waals surface area contributed by atoms with Gasteiger partial charge in [0.1, 0.15) is 5.70 Å². The zero-order valence-corrected chi connectivity index (χ0v) is 14.0.